The molecule has 0 saturated heterocycles. The lowest BCUT2D eigenvalue weighted by atomic mass is 10.0. The zero-order valence-electron chi connectivity index (χ0n) is 13.5. The summed E-state index contributed by atoms with van der Waals surface area (Å²) in [5, 5.41) is 3.30. The highest BCUT2D eigenvalue weighted by Crippen LogP contribution is 2.27. The van der Waals surface area contributed by atoms with Crippen molar-refractivity contribution in [2.45, 2.75) is 12.8 Å². The van der Waals surface area contributed by atoms with Crippen molar-refractivity contribution in [1.29, 1.82) is 0 Å². The number of benzene rings is 2. The first-order valence-electron chi connectivity index (χ1n) is 8.00. The maximum Gasteiger partial charge on any atom is 0.251 e. The molecule has 0 aromatic heterocycles. The average molecular weight is 357 g/mol. The minimum absolute atomic E-state index is 0.0382. The largest absolute Gasteiger partial charge is 0.352 e. The van der Waals surface area contributed by atoms with Crippen LogP contribution in [0.4, 0.5) is 5.69 Å². The van der Waals surface area contributed by atoms with Gasteiger partial charge in [0, 0.05) is 41.3 Å². The molecule has 6 heteroatoms. The van der Waals surface area contributed by atoms with Crippen molar-refractivity contribution in [3.8, 4) is 0 Å². The highest BCUT2D eigenvalue weighted by Gasteiger charge is 2.19. The van der Waals surface area contributed by atoms with Gasteiger partial charge in [-0.25, -0.2) is 0 Å². The molecule has 2 aromatic rings. The first-order valence-corrected chi connectivity index (χ1v) is 8.38. The average Bonchev–Trinajstić information content (AvgIpc) is 3.04. The molecule has 0 atom stereocenters. The third-order valence-corrected chi connectivity index (χ3v) is 4.46. The highest BCUT2D eigenvalue weighted by molar-refractivity contribution is 6.30. The van der Waals surface area contributed by atoms with Crippen molar-refractivity contribution in [2.75, 3.05) is 18.0 Å². The van der Waals surface area contributed by atoms with E-state index in [4.69, 9.17) is 11.6 Å². The Morgan fingerprint density at radius 2 is 1.84 bits per heavy atom. The first-order chi connectivity index (χ1) is 12.1. The number of carbonyl (C=O) groups excluding carboxylic acids is 3. The van der Waals surface area contributed by atoms with Crippen LogP contribution in [0.15, 0.2) is 42.5 Å². The Labute approximate surface area is 150 Å². The predicted octanol–water partition coefficient (Wildman–Crippen LogP) is 2.86. The molecule has 0 unspecified atom stereocenters. The van der Waals surface area contributed by atoms with E-state index in [9.17, 15) is 14.4 Å². The second-order valence-electron chi connectivity index (χ2n) is 5.83. The van der Waals surface area contributed by atoms with E-state index >= 15 is 0 Å². The van der Waals surface area contributed by atoms with Crippen molar-refractivity contribution in [3.63, 3.8) is 0 Å². The lowest BCUT2D eigenvalue weighted by Crippen LogP contribution is -2.26. The van der Waals surface area contributed by atoms with Gasteiger partial charge >= 0.3 is 0 Å². The Hall–Kier alpha value is -2.66. The van der Waals surface area contributed by atoms with Gasteiger partial charge in [0.2, 0.25) is 6.41 Å². The molecule has 0 saturated carbocycles. The van der Waals surface area contributed by atoms with Crippen LogP contribution in [0, 0.1) is 0 Å². The summed E-state index contributed by atoms with van der Waals surface area (Å²) in [4.78, 5) is 36.9. The molecule has 1 N–H and O–H groups in total. The number of anilines is 1. The summed E-state index contributed by atoms with van der Waals surface area (Å²) in [6, 6.07) is 11.9. The molecule has 128 valence electrons. The second-order valence-corrected chi connectivity index (χ2v) is 6.26. The van der Waals surface area contributed by atoms with Crippen molar-refractivity contribution in [2.24, 2.45) is 0 Å². The number of carbonyl (C=O) groups is 3. The molecule has 0 spiro atoms. The predicted molar refractivity (Wildman–Crippen MR) is 96.3 cm³/mol. The molecule has 2 aromatic carbocycles. The molecular weight excluding hydrogens is 340 g/mol. The Morgan fingerprint density at radius 3 is 2.56 bits per heavy atom. The molecule has 0 aliphatic carbocycles. The molecule has 1 aliphatic heterocycles. The van der Waals surface area contributed by atoms with Crippen molar-refractivity contribution in [3.05, 3.63) is 64.2 Å². The SMILES string of the molecule is O=CN1CCc2cc(C(=O)CCNC(=O)c3ccc(Cl)cc3)ccc21. The third kappa shape index (κ3) is 3.88. The van der Waals surface area contributed by atoms with Gasteiger partial charge in [-0.15, -0.1) is 0 Å². The summed E-state index contributed by atoms with van der Waals surface area (Å²) in [5.74, 6) is -0.274. The van der Waals surface area contributed by atoms with Gasteiger partial charge in [-0.1, -0.05) is 11.6 Å². The fourth-order valence-electron chi connectivity index (χ4n) is 2.85. The highest BCUT2D eigenvalue weighted by atomic mass is 35.5. The molecule has 2 amide bonds. The van der Waals surface area contributed by atoms with Gasteiger partial charge in [0.1, 0.15) is 0 Å². The minimum Gasteiger partial charge on any atom is -0.352 e. The molecule has 1 aliphatic rings. The summed E-state index contributed by atoms with van der Waals surface area (Å²) in [6.45, 7) is 0.908. The van der Waals surface area contributed by atoms with E-state index in [1.807, 2.05) is 6.07 Å². The fourth-order valence-corrected chi connectivity index (χ4v) is 2.97. The van der Waals surface area contributed by atoms with E-state index in [-0.39, 0.29) is 24.7 Å². The number of nitrogens with one attached hydrogen (secondary N) is 1. The number of fused-ring (bicyclic) bond motifs is 1. The van der Waals surface area contributed by atoms with E-state index in [2.05, 4.69) is 5.32 Å². The summed E-state index contributed by atoms with van der Waals surface area (Å²) < 4.78 is 0. The lowest BCUT2D eigenvalue weighted by molar-refractivity contribution is -0.107. The zero-order chi connectivity index (χ0) is 17.8. The molecule has 0 bridgehead atoms. The Bertz CT molecular complexity index is 818. The molecule has 1 heterocycles. The van der Waals surface area contributed by atoms with Crippen molar-refractivity contribution in [1.82, 2.24) is 5.32 Å². The van der Waals surface area contributed by atoms with Crippen molar-refractivity contribution < 1.29 is 14.4 Å². The number of nitrogens with zero attached hydrogens (tertiary/aromatic N) is 1. The van der Waals surface area contributed by atoms with Gasteiger partial charge in [0.05, 0.1) is 0 Å². The van der Waals surface area contributed by atoms with Crippen LogP contribution in [-0.2, 0) is 11.2 Å². The molecular formula is C19H17ClN2O3. The van der Waals surface area contributed by atoms with Crippen LogP contribution >= 0.6 is 11.6 Å². The number of ketones is 1. The van der Waals surface area contributed by atoms with Gasteiger partial charge in [0.15, 0.2) is 5.78 Å². The normalized spacial score (nSPS) is 12.6. The minimum atomic E-state index is -0.236. The molecule has 5 nitrogen and oxygen atoms in total. The van der Waals surface area contributed by atoms with Gasteiger partial charge in [-0.3, -0.25) is 14.4 Å². The van der Waals surface area contributed by atoms with Gasteiger partial charge in [0.25, 0.3) is 5.91 Å². The summed E-state index contributed by atoms with van der Waals surface area (Å²) in [6.07, 6.45) is 1.78. The summed E-state index contributed by atoms with van der Waals surface area (Å²) >= 11 is 5.79. The molecule has 3 rings (SSSR count). The summed E-state index contributed by atoms with van der Waals surface area (Å²) in [5.41, 5.74) is 2.97. The zero-order valence-corrected chi connectivity index (χ0v) is 14.3. The van der Waals surface area contributed by atoms with E-state index in [1.165, 1.54) is 0 Å². The lowest BCUT2D eigenvalue weighted by Gasteiger charge is -2.10. The third-order valence-electron chi connectivity index (χ3n) is 4.20. The smallest absolute Gasteiger partial charge is 0.251 e. The Kier molecular flexibility index (Phi) is 5.14. The fraction of sp³-hybridized carbons (Fsp3) is 0.211. The van der Waals surface area contributed by atoms with Crippen LogP contribution in [0.5, 0.6) is 0 Å². The van der Waals surface area contributed by atoms with Gasteiger partial charge in [-0.05, 0) is 54.4 Å². The van der Waals surface area contributed by atoms with Crippen LogP contribution in [0.2, 0.25) is 5.02 Å². The van der Waals surface area contributed by atoms with E-state index in [0.29, 0.717) is 22.7 Å². The molecule has 0 fully saturated rings. The Morgan fingerprint density at radius 1 is 1.12 bits per heavy atom. The van der Waals surface area contributed by atoms with Gasteiger partial charge in [-0.2, -0.15) is 0 Å². The number of rotatable bonds is 6. The van der Waals surface area contributed by atoms with Crippen LogP contribution in [0.1, 0.15) is 32.7 Å². The van der Waals surface area contributed by atoms with Crippen molar-refractivity contribution >= 4 is 35.4 Å². The quantitative estimate of drug-likeness (QED) is 0.639. The number of Topliss-reactive ketones (excluding diaryl/α,β-unsaturated/α-hetero) is 1. The standard InChI is InChI=1S/C19H17ClN2O3/c20-16-4-1-13(2-5-16)19(25)21-9-7-18(24)15-3-6-17-14(11-15)8-10-22(17)12-23/h1-6,11-12H,7-10H2,(H,21,25). The number of halogens is 1. The van der Waals surface area contributed by atoms with E-state index < -0.39 is 0 Å². The van der Waals surface area contributed by atoms with Crippen LogP contribution < -0.4 is 10.2 Å². The monoisotopic (exact) mass is 356 g/mol. The number of amides is 2. The van der Waals surface area contributed by atoms with Crippen LogP contribution in [0.25, 0.3) is 0 Å². The van der Waals surface area contributed by atoms with Crippen LogP contribution in [0.3, 0.4) is 0 Å². The van der Waals surface area contributed by atoms with Gasteiger partial charge < -0.3 is 10.2 Å². The first kappa shape index (κ1) is 17.2. The maximum absolute atomic E-state index is 12.3. The number of hydrogen-bond donors (Lipinski definition) is 1. The maximum atomic E-state index is 12.3. The second kappa shape index (κ2) is 7.49. The van der Waals surface area contributed by atoms with E-state index in [0.717, 1.165) is 24.1 Å². The molecule has 0 radical (unpaired) electrons. The summed E-state index contributed by atoms with van der Waals surface area (Å²) in [7, 11) is 0. The Balaban J connectivity index is 1.55. The number of hydrogen-bond acceptors (Lipinski definition) is 3. The van der Waals surface area contributed by atoms with Crippen LogP contribution in [-0.4, -0.2) is 31.2 Å². The topological polar surface area (TPSA) is 66.5 Å². The van der Waals surface area contributed by atoms with E-state index in [1.54, 1.807) is 41.3 Å². The molecule has 25 heavy (non-hydrogen) atoms.